The van der Waals surface area contributed by atoms with E-state index in [0.717, 1.165) is 17.1 Å². The molecule has 1 amide bonds. The summed E-state index contributed by atoms with van der Waals surface area (Å²) in [4.78, 5) is 14.4. The van der Waals surface area contributed by atoms with Crippen LogP contribution in [0.1, 0.15) is 34.4 Å². The molecule has 0 aliphatic heterocycles. The van der Waals surface area contributed by atoms with E-state index < -0.39 is 0 Å². The fourth-order valence-electron chi connectivity index (χ4n) is 2.74. The Morgan fingerprint density at radius 3 is 2.80 bits per heavy atom. The van der Waals surface area contributed by atoms with Crippen LogP contribution < -0.4 is 0 Å². The lowest BCUT2D eigenvalue weighted by molar-refractivity contribution is 0.0781. The quantitative estimate of drug-likeness (QED) is 0.698. The molecule has 0 aliphatic rings. The normalized spacial score (nSPS) is 10.9. The largest absolute Gasteiger partial charge is 0.361 e. The number of carbonyl (C=O) groups is 1. The number of benzene rings is 1. The molecule has 0 N–H and O–H groups in total. The van der Waals surface area contributed by atoms with Crippen LogP contribution in [0.25, 0.3) is 5.69 Å². The molecule has 3 aromatic rings. The van der Waals surface area contributed by atoms with E-state index in [1.165, 1.54) is 0 Å². The molecular weight excluding hydrogens is 340 g/mol. The van der Waals surface area contributed by atoms with Crippen LogP contribution in [0.2, 0.25) is 5.02 Å². The Hall–Kier alpha value is -2.60. The second-order valence-corrected chi connectivity index (χ2v) is 6.28. The number of nitrogens with zero attached hydrogens (tertiary/aromatic N) is 4. The van der Waals surface area contributed by atoms with Crippen molar-refractivity contribution in [3.63, 3.8) is 0 Å². The van der Waals surface area contributed by atoms with Gasteiger partial charge in [0.1, 0.15) is 11.5 Å². The number of aryl methyl sites for hydroxylation is 1. The molecule has 0 aliphatic carbocycles. The third kappa shape index (κ3) is 3.58. The molecule has 25 heavy (non-hydrogen) atoms. The third-order valence-electron chi connectivity index (χ3n) is 3.91. The number of halogens is 1. The van der Waals surface area contributed by atoms with E-state index in [1.54, 1.807) is 28.9 Å². The molecule has 0 fully saturated rings. The molecule has 6 nitrogen and oxygen atoms in total. The molecule has 3 rings (SSSR count). The van der Waals surface area contributed by atoms with Crippen molar-refractivity contribution in [3.8, 4) is 5.69 Å². The summed E-state index contributed by atoms with van der Waals surface area (Å²) in [5, 5.41) is 8.95. The van der Waals surface area contributed by atoms with Crippen molar-refractivity contribution in [2.45, 2.75) is 26.8 Å². The standard InChI is InChI=1S/C18H19ClN4O2/c1-4-17-16(10-20-23(17)15-7-5-6-13(19)9-15)18(24)22(3)11-14-8-12(2)25-21-14/h5-10H,4,11H2,1-3H3. The lowest BCUT2D eigenvalue weighted by atomic mass is 10.1. The van der Waals surface area contributed by atoms with E-state index >= 15 is 0 Å². The molecule has 0 radical (unpaired) electrons. The molecule has 1 aromatic carbocycles. The van der Waals surface area contributed by atoms with E-state index in [0.29, 0.717) is 29.2 Å². The first-order valence-corrected chi connectivity index (χ1v) is 8.38. The number of rotatable bonds is 5. The Labute approximate surface area is 151 Å². The number of hydrogen-bond acceptors (Lipinski definition) is 4. The number of hydrogen-bond donors (Lipinski definition) is 0. The van der Waals surface area contributed by atoms with Crippen LogP contribution in [0.4, 0.5) is 0 Å². The van der Waals surface area contributed by atoms with E-state index in [4.69, 9.17) is 16.1 Å². The van der Waals surface area contributed by atoms with E-state index in [9.17, 15) is 4.79 Å². The minimum Gasteiger partial charge on any atom is -0.361 e. The van der Waals surface area contributed by atoms with Crippen LogP contribution in [0.3, 0.4) is 0 Å². The van der Waals surface area contributed by atoms with Crippen molar-refractivity contribution in [2.75, 3.05) is 7.05 Å². The van der Waals surface area contributed by atoms with Gasteiger partial charge in [-0.05, 0) is 31.5 Å². The summed E-state index contributed by atoms with van der Waals surface area (Å²) in [5.74, 6) is 0.615. The summed E-state index contributed by atoms with van der Waals surface area (Å²) in [6.45, 7) is 4.19. The predicted molar refractivity (Wildman–Crippen MR) is 95.0 cm³/mol. The Bertz CT molecular complexity index is 900. The van der Waals surface area contributed by atoms with Gasteiger partial charge in [0.2, 0.25) is 0 Å². The van der Waals surface area contributed by atoms with Crippen LogP contribution in [-0.2, 0) is 13.0 Å². The van der Waals surface area contributed by atoms with Gasteiger partial charge in [0, 0.05) is 18.1 Å². The highest BCUT2D eigenvalue weighted by Crippen LogP contribution is 2.20. The van der Waals surface area contributed by atoms with Gasteiger partial charge >= 0.3 is 0 Å². The van der Waals surface area contributed by atoms with E-state index in [2.05, 4.69) is 10.3 Å². The topological polar surface area (TPSA) is 64.2 Å². The fourth-order valence-corrected chi connectivity index (χ4v) is 2.92. The maximum Gasteiger partial charge on any atom is 0.257 e. The highest BCUT2D eigenvalue weighted by molar-refractivity contribution is 6.30. The summed E-state index contributed by atoms with van der Waals surface area (Å²) in [5.41, 5.74) is 2.97. The van der Waals surface area contributed by atoms with Crippen LogP contribution in [0.5, 0.6) is 0 Å². The summed E-state index contributed by atoms with van der Waals surface area (Å²) < 4.78 is 6.81. The molecule has 0 saturated carbocycles. The van der Waals surface area contributed by atoms with Gasteiger partial charge in [-0.2, -0.15) is 5.10 Å². The lowest BCUT2D eigenvalue weighted by Gasteiger charge is -2.16. The molecular formula is C18H19ClN4O2. The first kappa shape index (κ1) is 17.2. The summed E-state index contributed by atoms with van der Waals surface area (Å²) >= 11 is 6.07. The summed E-state index contributed by atoms with van der Waals surface area (Å²) in [6, 6.07) is 9.22. The molecule has 0 atom stereocenters. The molecule has 2 heterocycles. The Balaban J connectivity index is 1.88. The lowest BCUT2D eigenvalue weighted by Crippen LogP contribution is -2.27. The molecule has 130 valence electrons. The summed E-state index contributed by atoms with van der Waals surface area (Å²) in [6.07, 6.45) is 2.27. The van der Waals surface area contributed by atoms with Crippen molar-refractivity contribution >= 4 is 17.5 Å². The number of amides is 1. The SMILES string of the molecule is CCc1c(C(=O)N(C)Cc2cc(C)on2)cnn1-c1cccc(Cl)c1. The first-order chi connectivity index (χ1) is 12.0. The monoisotopic (exact) mass is 358 g/mol. The third-order valence-corrected chi connectivity index (χ3v) is 4.14. The molecule has 7 heteroatoms. The second-order valence-electron chi connectivity index (χ2n) is 5.84. The Morgan fingerprint density at radius 2 is 2.16 bits per heavy atom. The second kappa shape index (κ2) is 7.11. The van der Waals surface area contributed by atoms with Crippen molar-refractivity contribution in [1.29, 1.82) is 0 Å². The van der Waals surface area contributed by atoms with Gasteiger partial charge in [0.05, 0.1) is 29.7 Å². The van der Waals surface area contributed by atoms with Crippen LogP contribution in [0, 0.1) is 6.92 Å². The summed E-state index contributed by atoms with van der Waals surface area (Å²) in [7, 11) is 1.74. The first-order valence-electron chi connectivity index (χ1n) is 8.00. The maximum atomic E-state index is 12.8. The highest BCUT2D eigenvalue weighted by atomic mass is 35.5. The van der Waals surface area contributed by atoms with Crippen molar-refractivity contribution in [3.05, 3.63) is 64.3 Å². The highest BCUT2D eigenvalue weighted by Gasteiger charge is 2.21. The molecule has 2 aromatic heterocycles. The Morgan fingerprint density at radius 1 is 1.36 bits per heavy atom. The number of aromatic nitrogens is 3. The maximum absolute atomic E-state index is 12.8. The smallest absolute Gasteiger partial charge is 0.257 e. The average molecular weight is 359 g/mol. The molecule has 0 unspecified atom stereocenters. The van der Waals surface area contributed by atoms with Gasteiger partial charge in [-0.1, -0.05) is 29.7 Å². The van der Waals surface area contributed by atoms with Gasteiger partial charge in [0.15, 0.2) is 0 Å². The van der Waals surface area contributed by atoms with Crippen molar-refractivity contribution < 1.29 is 9.32 Å². The molecule has 0 bridgehead atoms. The molecule has 0 saturated heterocycles. The van der Waals surface area contributed by atoms with Crippen LogP contribution in [0.15, 0.2) is 41.1 Å². The minimum atomic E-state index is -0.106. The van der Waals surface area contributed by atoms with Gasteiger partial charge in [-0.15, -0.1) is 0 Å². The average Bonchev–Trinajstić information content (AvgIpc) is 3.19. The number of carbonyl (C=O) groups excluding carboxylic acids is 1. The van der Waals surface area contributed by atoms with Crippen LogP contribution >= 0.6 is 11.6 Å². The van der Waals surface area contributed by atoms with Crippen molar-refractivity contribution in [2.24, 2.45) is 0 Å². The zero-order chi connectivity index (χ0) is 18.0. The van der Waals surface area contributed by atoms with Crippen LogP contribution in [-0.4, -0.2) is 32.8 Å². The Kier molecular flexibility index (Phi) is 4.90. The van der Waals surface area contributed by atoms with Crippen molar-refractivity contribution in [1.82, 2.24) is 19.8 Å². The zero-order valence-electron chi connectivity index (χ0n) is 14.4. The minimum absolute atomic E-state index is 0.106. The van der Waals surface area contributed by atoms with E-state index in [1.807, 2.05) is 38.1 Å². The van der Waals surface area contributed by atoms with Gasteiger partial charge in [-0.3, -0.25) is 4.79 Å². The van der Waals surface area contributed by atoms with Gasteiger partial charge in [-0.25, -0.2) is 4.68 Å². The van der Waals surface area contributed by atoms with Gasteiger partial charge in [0.25, 0.3) is 5.91 Å². The predicted octanol–water partition coefficient (Wildman–Crippen LogP) is 3.66. The zero-order valence-corrected chi connectivity index (χ0v) is 15.1. The fraction of sp³-hybridized carbons (Fsp3) is 0.278. The van der Waals surface area contributed by atoms with Gasteiger partial charge < -0.3 is 9.42 Å². The van der Waals surface area contributed by atoms with E-state index in [-0.39, 0.29) is 5.91 Å². The molecule has 0 spiro atoms.